The fourth-order valence-electron chi connectivity index (χ4n) is 2.52. The zero-order chi connectivity index (χ0) is 16.4. The van der Waals surface area contributed by atoms with Crippen molar-refractivity contribution in [1.29, 1.82) is 5.26 Å². The van der Waals surface area contributed by atoms with Gasteiger partial charge in [-0.2, -0.15) is 10.4 Å². The van der Waals surface area contributed by atoms with Crippen LogP contribution in [0.2, 0.25) is 0 Å². The molecule has 5 heteroatoms. The molecule has 0 atom stereocenters. The lowest BCUT2D eigenvalue weighted by molar-refractivity contribution is 0.624. The SMILES string of the molecule is Cc1nn(-c2ccccc2)c(C)c1Nc1cccc(F)c1C#N. The number of aryl methyl sites for hydroxylation is 1. The summed E-state index contributed by atoms with van der Waals surface area (Å²) >= 11 is 0. The summed E-state index contributed by atoms with van der Waals surface area (Å²) in [6.07, 6.45) is 0. The van der Waals surface area contributed by atoms with Gasteiger partial charge in [0.1, 0.15) is 17.4 Å². The topological polar surface area (TPSA) is 53.6 Å². The number of rotatable bonds is 3. The highest BCUT2D eigenvalue weighted by atomic mass is 19.1. The second-order valence-corrected chi connectivity index (χ2v) is 5.19. The first-order chi connectivity index (χ1) is 11.1. The summed E-state index contributed by atoms with van der Waals surface area (Å²) < 4.78 is 15.6. The van der Waals surface area contributed by atoms with Gasteiger partial charge in [0.2, 0.25) is 0 Å². The van der Waals surface area contributed by atoms with Gasteiger partial charge in [0.25, 0.3) is 0 Å². The average molecular weight is 306 g/mol. The lowest BCUT2D eigenvalue weighted by atomic mass is 10.1. The van der Waals surface area contributed by atoms with Crippen LogP contribution in [0.5, 0.6) is 0 Å². The number of nitrogens with zero attached hydrogens (tertiary/aromatic N) is 3. The molecule has 0 fully saturated rings. The third-order valence-corrected chi connectivity index (χ3v) is 3.68. The van der Waals surface area contributed by atoms with Crippen LogP contribution in [0.4, 0.5) is 15.8 Å². The summed E-state index contributed by atoms with van der Waals surface area (Å²) in [6, 6.07) is 16.2. The predicted octanol–water partition coefficient (Wildman–Crippen LogP) is 4.24. The fraction of sp³-hybridized carbons (Fsp3) is 0.111. The van der Waals surface area contributed by atoms with Gasteiger partial charge in [0.15, 0.2) is 0 Å². The van der Waals surface area contributed by atoms with Crippen LogP contribution in [0.15, 0.2) is 48.5 Å². The molecule has 3 rings (SSSR count). The van der Waals surface area contributed by atoms with Gasteiger partial charge in [0.05, 0.1) is 28.5 Å². The van der Waals surface area contributed by atoms with E-state index in [9.17, 15) is 4.39 Å². The first-order valence-corrected chi connectivity index (χ1v) is 7.19. The van der Waals surface area contributed by atoms with Gasteiger partial charge in [-0.1, -0.05) is 24.3 Å². The Balaban J connectivity index is 2.05. The van der Waals surface area contributed by atoms with Crippen LogP contribution in [-0.4, -0.2) is 9.78 Å². The smallest absolute Gasteiger partial charge is 0.143 e. The number of anilines is 2. The molecule has 0 unspecified atom stereocenters. The van der Waals surface area contributed by atoms with Crippen molar-refractivity contribution in [2.75, 3.05) is 5.32 Å². The Morgan fingerprint density at radius 3 is 2.52 bits per heavy atom. The van der Waals surface area contributed by atoms with E-state index in [1.807, 2.05) is 54.9 Å². The predicted molar refractivity (Wildman–Crippen MR) is 87.4 cm³/mol. The highest BCUT2D eigenvalue weighted by molar-refractivity contribution is 5.70. The van der Waals surface area contributed by atoms with Crippen molar-refractivity contribution >= 4 is 11.4 Å². The van der Waals surface area contributed by atoms with Crippen molar-refractivity contribution in [3.8, 4) is 11.8 Å². The monoisotopic (exact) mass is 306 g/mol. The summed E-state index contributed by atoms with van der Waals surface area (Å²) in [6.45, 7) is 3.81. The number of para-hydroxylation sites is 1. The Labute approximate surface area is 133 Å². The van der Waals surface area contributed by atoms with Gasteiger partial charge in [-0.25, -0.2) is 9.07 Å². The van der Waals surface area contributed by atoms with E-state index in [4.69, 9.17) is 5.26 Å². The van der Waals surface area contributed by atoms with Crippen molar-refractivity contribution in [1.82, 2.24) is 9.78 Å². The highest BCUT2D eigenvalue weighted by Gasteiger charge is 2.15. The van der Waals surface area contributed by atoms with Gasteiger partial charge >= 0.3 is 0 Å². The van der Waals surface area contributed by atoms with Crippen LogP contribution in [0.25, 0.3) is 5.69 Å². The van der Waals surface area contributed by atoms with Crippen molar-refractivity contribution in [3.63, 3.8) is 0 Å². The molecular weight excluding hydrogens is 291 g/mol. The Kier molecular flexibility index (Phi) is 3.82. The minimum absolute atomic E-state index is 0.00115. The molecule has 2 aromatic carbocycles. The molecule has 0 radical (unpaired) electrons. The molecule has 0 bridgehead atoms. The molecule has 23 heavy (non-hydrogen) atoms. The minimum atomic E-state index is -0.539. The Morgan fingerprint density at radius 1 is 1.09 bits per heavy atom. The van der Waals surface area contributed by atoms with Gasteiger partial charge < -0.3 is 5.32 Å². The third-order valence-electron chi connectivity index (χ3n) is 3.68. The quantitative estimate of drug-likeness (QED) is 0.787. The van der Waals surface area contributed by atoms with Crippen molar-refractivity contribution in [2.24, 2.45) is 0 Å². The Bertz CT molecular complexity index is 891. The minimum Gasteiger partial charge on any atom is -0.351 e. The van der Waals surface area contributed by atoms with Gasteiger partial charge in [-0.15, -0.1) is 0 Å². The molecule has 1 heterocycles. The maximum atomic E-state index is 13.7. The first-order valence-electron chi connectivity index (χ1n) is 7.19. The van der Waals surface area contributed by atoms with E-state index in [0.29, 0.717) is 5.69 Å². The van der Waals surface area contributed by atoms with E-state index in [-0.39, 0.29) is 5.56 Å². The number of benzene rings is 2. The van der Waals surface area contributed by atoms with Crippen LogP contribution >= 0.6 is 0 Å². The van der Waals surface area contributed by atoms with Crippen molar-refractivity contribution < 1.29 is 4.39 Å². The second-order valence-electron chi connectivity index (χ2n) is 5.19. The van der Waals surface area contributed by atoms with Crippen LogP contribution in [0.1, 0.15) is 17.0 Å². The zero-order valence-corrected chi connectivity index (χ0v) is 12.8. The molecule has 1 aromatic heterocycles. The first kappa shape index (κ1) is 14.8. The number of halogens is 1. The molecule has 114 valence electrons. The second kappa shape index (κ2) is 5.93. The molecule has 4 nitrogen and oxygen atoms in total. The summed E-state index contributed by atoms with van der Waals surface area (Å²) in [5.41, 5.74) is 3.82. The summed E-state index contributed by atoms with van der Waals surface area (Å²) in [5, 5.41) is 16.8. The third kappa shape index (κ3) is 2.67. The van der Waals surface area contributed by atoms with E-state index in [0.717, 1.165) is 22.8 Å². The number of hydrogen-bond donors (Lipinski definition) is 1. The maximum Gasteiger partial charge on any atom is 0.143 e. The van der Waals surface area contributed by atoms with Crippen LogP contribution in [0, 0.1) is 31.0 Å². The van der Waals surface area contributed by atoms with Gasteiger partial charge in [-0.3, -0.25) is 0 Å². The molecule has 1 N–H and O–H groups in total. The highest BCUT2D eigenvalue weighted by Crippen LogP contribution is 2.28. The van der Waals surface area contributed by atoms with Gasteiger partial charge in [0, 0.05) is 0 Å². The van der Waals surface area contributed by atoms with Crippen molar-refractivity contribution in [3.05, 3.63) is 71.3 Å². The normalized spacial score (nSPS) is 10.3. The molecule has 3 aromatic rings. The van der Waals surface area contributed by atoms with E-state index < -0.39 is 5.82 Å². The van der Waals surface area contributed by atoms with E-state index in [2.05, 4.69) is 10.4 Å². The average Bonchev–Trinajstić information content (AvgIpc) is 2.84. The zero-order valence-electron chi connectivity index (χ0n) is 12.8. The molecule has 0 saturated carbocycles. The Morgan fingerprint density at radius 2 is 1.83 bits per heavy atom. The van der Waals surface area contributed by atoms with Crippen LogP contribution in [-0.2, 0) is 0 Å². The lowest BCUT2D eigenvalue weighted by Gasteiger charge is -2.09. The van der Waals surface area contributed by atoms with Crippen LogP contribution < -0.4 is 5.32 Å². The van der Waals surface area contributed by atoms with E-state index >= 15 is 0 Å². The van der Waals surface area contributed by atoms with Crippen molar-refractivity contribution in [2.45, 2.75) is 13.8 Å². The number of aromatic nitrogens is 2. The van der Waals surface area contributed by atoms with Crippen LogP contribution in [0.3, 0.4) is 0 Å². The maximum absolute atomic E-state index is 13.7. The van der Waals surface area contributed by atoms with E-state index in [1.54, 1.807) is 12.1 Å². The molecule has 0 aliphatic rings. The molecule has 0 amide bonds. The largest absolute Gasteiger partial charge is 0.351 e. The number of hydrogen-bond acceptors (Lipinski definition) is 3. The molecular formula is C18H15FN4. The number of nitriles is 1. The van der Waals surface area contributed by atoms with E-state index in [1.165, 1.54) is 6.07 Å². The molecule has 0 spiro atoms. The summed E-state index contributed by atoms with van der Waals surface area (Å²) in [4.78, 5) is 0. The molecule has 0 aliphatic heterocycles. The molecule has 0 aliphatic carbocycles. The fourth-order valence-corrected chi connectivity index (χ4v) is 2.52. The molecule has 0 saturated heterocycles. The lowest BCUT2D eigenvalue weighted by Crippen LogP contribution is -2.00. The Hall–Kier alpha value is -3.13. The summed E-state index contributed by atoms with van der Waals surface area (Å²) in [7, 11) is 0. The standard InChI is InChI=1S/C18H15FN4/c1-12-18(21-17-10-6-9-16(19)15(17)11-20)13(2)23(22-12)14-7-4-3-5-8-14/h3-10,21H,1-2H3. The number of nitrogens with one attached hydrogen (secondary N) is 1. The summed E-state index contributed by atoms with van der Waals surface area (Å²) in [5.74, 6) is -0.539. The van der Waals surface area contributed by atoms with Gasteiger partial charge in [-0.05, 0) is 38.1 Å².